The Morgan fingerprint density at radius 3 is 2.41 bits per heavy atom. The van der Waals surface area contributed by atoms with Crippen molar-refractivity contribution in [3.05, 3.63) is 78.4 Å². The summed E-state index contributed by atoms with van der Waals surface area (Å²) in [4.78, 5) is 0. The summed E-state index contributed by atoms with van der Waals surface area (Å²) in [6.45, 7) is 3.78. The third kappa shape index (κ3) is 3.07. The van der Waals surface area contributed by atoms with Gasteiger partial charge < -0.3 is 0 Å². The van der Waals surface area contributed by atoms with Crippen molar-refractivity contribution in [1.82, 2.24) is 0 Å². The van der Waals surface area contributed by atoms with E-state index in [2.05, 4.69) is 61.2 Å². The molecule has 0 heteroatoms. The highest BCUT2D eigenvalue weighted by Crippen LogP contribution is 2.27. The Morgan fingerprint density at radius 2 is 1.76 bits per heavy atom. The zero-order valence-electron chi connectivity index (χ0n) is 10.1. The Kier molecular flexibility index (Phi) is 4.15. The van der Waals surface area contributed by atoms with Crippen LogP contribution in [0.1, 0.15) is 24.8 Å². The second-order valence-electron chi connectivity index (χ2n) is 4.20. The lowest BCUT2D eigenvalue weighted by atomic mass is 9.95. The fraction of sp³-hybridized carbons (Fsp3) is 0.176. The van der Waals surface area contributed by atoms with Crippen LogP contribution in [0.4, 0.5) is 0 Å². The highest BCUT2D eigenvalue weighted by atomic mass is 14.1. The quantitative estimate of drug-likeness (QED) is 0.490. The number of hydrogen-bond acceptors (Lipinski definition) is 0. The van der Waals surface area contributed by atoms with E-state index in [1.54, 1.807) is 0 Å². The van der Waals surface area contributed by atoms with Gasteiger partial charge in [-0.3, -0.25) is 0 Å². The van der Waals surface area contributed by atoms with Crippen LogP contribution in [0.5, 0.6) is 0 Å². The first-order chi connectivity index (χ1) is 8.42. The summed E-state index contributed by atoms with van der Waals surface area (Å²) >= 11 is 0. The summed E-state index contributed by atoms with van der Waals surface area (Å²) in [5.41, 5.74) is 4.13. The zero-order valence-corrected chi connectivity index (χ0v) is 10.1. The van der Waals surface area contributed by atoms with Gasteiger partial charge in [0.1, 0.15) is 0 Å². The Hall–Kier alpha value is -1.82. The molecule has 1 aromatic carbocycles. The lowest BCUT2D eigenvalue weighted by Gasteiger charge is -2.09. The molecule has 0 aromatic heterocycles. The molecule has 0 radical (unpaired) electrons. The summed E-state index contributed by atoms with van der Waals surface area (Å²) in [6, 6.07) is 10.7. The van der Waals surface area contributed by atoms with Crippen LogP contribution >= 0.6 is 0 Å². The van der Waals surface area contributed by atoms with Crippen molar-refractivity contribution in [2.45, 2.75) is 19.3 Å². The van der Waals surface area contributed by atoms with E-state index in [9.17, 15) is 0 Å². The monoisotopic (exact) mass is 222 g/mol. The van der Waals surface area contributed by atoms with Gasteiger partial charge in [-0.1, -0.05) is 60.7 Å². The van der Waals surface area contributed by atoms with E-state index in [0.717, 1.165) is 12.8 Å². The van der Waals surface area contributed by atoms with Crippen LogP contribution in [-0.4, -0.2) is 0 Å². The molecule has 0 spiro atoms. The topological polar surface area (TPSA) is 0 Å². The first-order valence-electron chi connectivity index (χ1n) is 6.16. The Bertz CT molecular complexity index is 444. The maximum atomic E-state index is 3.78. The zero-order chi connectivity index (χ0) is 11.9. The molecule has 86 valence electrons. The van der Waals surface area contributed by atoms with Crippen LogP contribution in [0.3, 0.4) is 0 Å². The molecule has 0 saturated heterocycles. The number of unbranched alkanes of at least 4 members (excludes halogenated alkanes) is 1. The van der Waals surface area contributed by atoms with Gasteiger partial charge in [0.2, 0.25) is 0 Å². The number of allylic oxidation sites excluding steroid dienone is 7. The molecule has 1 aliphatic carbocycles. The minimum Gasteiger partial charge on any atom is -0.103 e. The molecule has 0 fully saturated rings. The molecule has 1 aromatic rings. The molecule has 0 heterocycles. The summed E-state index contributed by atoms with van der Waals surface area (Å²) in [7, 11) is 0. The summed E-state index contributed by atoms with van der Waals surface area (Å²) in [6.07, 6.45) is 13.9. The molecule has 0 saturated carbocycles. The highest BCUT2D eigenvalue weighted by molar-refractivity contribution is 5.74. The molecule has 0 nitrogen and oxygen atoms in total. The van der Waals surface area contributed by atoms with Gasteiger partial charge >= 0.3 is 0 Å². The average molecular weight is 222 g/mol. The molecular weight excluding hydrogens is 204 g/mol. The van der Waals surface area contributed by atoms with Crippen LogP contribution < -0.4 is 0 Å². The third-order valence-corrected chi connectivity index (χ3v) is 2.97. The van der Waals surface area contributed by atoms with Gasteiger partial charge in [-0.05, 0) is 36.0 Å². The predicted molar refractivity (Wildman–Crippen MR) is 75.7 cm³/mol. The van der Waals surface area contributed by atoms with Gasteiger partial charge in [0, 0.05) is 0 Å². The van der Waals surface area contributed by atoms with Crippen molar-refractivity contribution in [1.29, 1.82) is 0 Å². The second kappa shape index (κ2) is 6.05. The van der Waals surface area contributed by atoms with Crippen LogP contribution in [0.15, 0.2) is 72.9 Å². The van der Waals surface area contributed by atoms with Crippen molar-refractivity contribution in [3.8, 4) is 0 Å². The maximum absolute atomic E-state index is 3.78. The Balaban J connectivity index is 2.25. The SMILES string of the molecule is C=CCCCC(=C1C=CC=C1)c1ccccc1. The molecule has 2 rings (SSSR count). The summed E-state index contributed by atoms with van der Waals surface area (Å²) in [5, 5.41) is 0. The lowest BCUT2D eigenvalue weighted by Crippen LogP contribution is -1.88. The molecule has 0 amide bonds. The minimum absolute atomic E-state index is 1.08. The summed E-state index contributed by atoms with van der Waals surface area (Å²) in [5.74, 6) is 0. The van der Waals surface area contributed by atoms with Crippen molar-refractivity contribution in [2.75, 3.05) is 0 Å². The summed E-state index contributed by atoms with van der Waals surface area (Å²) < 4.78 is 0. The average Bonchev–Trinajstić information content (AvgIpc) is 2.89. The van der Waals surface area contributed by atoms with Gasteiger partial charge in [0.25, 0.3) is 0 Å². The highest BCUT2D eigenvalue weighted by Gasteiger charge is 2.06. The number of benzene rings is 1. The maximum Gasteiger partial charge on any atom is -0.0219 e. The van der Waals surface area contributed by atoms with Crippen molar-refractivity contribution >= 4 is 5.57 Å². The van der Waals surface area contributed by atoms with Crippen molar-refractivity contribution < 1.29 is 0 Å². The lowest BCUT2D eigenvalue weighted by molar-refractivity contribution is 0.879. The van der Waals surface area contributed by atoms with Gasteiger partial charge in [-0.15, -0.1) is 6.58 Å². The van der Waals surface area contributed by atoms with E-state index in [0.29, 0.717) is 0 Å². The Morgan fingerprint density at radius 1 is 1.06 bits per heavy atom. The van der Waals surface area contributed by atoms with Crippen LogP contribution in [-0.2, 0) is 0 Å². The molecular formula is C17H18. The molecule has 0 unspecified atom stereocenters. The van der Waals surface area contributed by atoms with Gasteiger partial charge in [-0.25, -0.2) is 0 Å². The fourth-order valence-electron chi connectivity index (χ4n) is 2.09. The van der Waals surface area contributed by atoms with E-state index >= 15 is 0 Å². The molecule has 0 atom stereocenters. The van der Waals surface area contributed by atoms with Crippen molar-refractivity contribution in [2.24, 2.45) is 0 Å². The number of hydrogen-bond donors (Lipinski definition) is 0. The van der Waals surface area contributed by atoms with E-state index in [-0.39, 0.29) is 0 Å². The fourth-order valence-corrected chi connectivity index (χ4v) is 2.09. The smallest absolute Gasteiger partial charge is 0.0219 e. The molecule has 0 N–H and O–H groups in total. The minimum atomic E-state index is 1.08. The van der Waals surface area contributed by atoms with E-state index in [4.69, 9.17) is 0 Å². The second-order valence-corrected chi connectivity index (χ2v) is 4.20. The Labute approximate surface area is 104 Å². The van der Waals surface area contributed by atoms with E-state index in [1.165, 1.54) is 23.1 Å². The van der Waals surface area contributed by atoms with E-state index < -0.39 is 0 Å². The first-order valence-corrected chi connectivity index (χ1v) is 6.16. The van der Waals surface area contributed by atoms with Crippen LogP contribution in [0.25, 0.3) is 5.57 Å². The molecule has 1 aliphatic rings. The van der Waals surface area contributed by atoms with Gasteiger partial charge in [-0.2, -0.15) is 0 Å². The van der Waals surface area contributed by atoms with Crippen LogP contribution in [0.2, 0.25) is 0 Å². The largest absolute Gasteiger partial charge is 0.103 e. The van der Waals surface area contributed by atoms with Crippen LogP contribution in [0, 0.1) is 0 Å². The standard InChI is InChI=1S/C17H18/c1-2-3-5-14-17(16-12-8-9-13-16)15-10-6-4-7-11-15/h2,4,6-13H,1,3,5,14H2. The normalized spacial score (nSPS) is 13.1. The van der Waals surface area contributed by atoms with Crippen molar-refractivity contribution in [3.63, 3.8) is 0 Å². The molecule has 0 aliphatic heterocycles. The number of rotatable bonds is 5. The molecule has 17 heavy (non-hydrogen) atoms. The van der Waals surface area contributed by atoms with Gasteiger partial charge in [0.15, 0.2) is 0 Å². The first kappa shape index (κ1) is 11.7. The third-order valence-electron chi connectivity index (χ3n) is 2.97. The van der Waals surface area contributed by atoms with Gasteiger partial charge in [0.05, 0.1) is 0 Å². The predicted octanol–water partition coefficient (Wildman–Crippen LogP) is 4.92. The molecule has 0 bridgehead atoms. The van der Waals surface area contributed by atoms with E-state index in [1.807, 2.05) is 6.08 Å².